The maximum Gasteiger partial charge on any atom is 0.416 e. The van der Waals surface area contributed by atoms with E-state index in [0.717, 1.165) is 28.3 Å². The molecule has 2 aromatic carbocycles. The fourth-order valence-corrected chi connectivity index (χ4v) is 2.94. The highest BCUT2D eigenvalue weighted by molar-refractivity contribution is 7.99. The Kier molecular flexibility index (Phi) is 3.87. The van der Waals surface area contributed by atoms with E-state index in [4.69, 9.17) is 4.42 Å². The fourth-order valence-electron chi connectivity index (χ4n) is 2.14. The van der Waals surface area contributed by atoms with Crippen molar-refractivity contribution < 1.29 is 17.6 Å². The van der Waals surface area contributed by atoms with Gasteiger partial charge in [-0.1, -0.05) is 19.1 Å². The SMILES string of the molecule is CCSc1ccccc1-c1nc2cc(C(F)(F)F)ccc2o1. The van der Waals surface area contributed by atoms with Crippen molar-refractivity contribution in [2.75, 3.05) is 5.75 Å². The number of thioether (sulfide) groups is 1. The normalized spacial score (nSPS) is 12.0. The van der Waals surface area contributed by atoms with E-state index < -0.39 is 11.7 Å². The molecule has 1 heterocycles. The number of halogens is 3. The second-order valence-electron chi connectivity index (χ2n) is 4.63. The lowest BCUT2D eigenvalue weighted by Gasteiger charge is -2.04. The minimum Gasteiger partial charge on any atom is -0.436 e. The van der Waals surface area contributed by atoms with Crippen LogP contribution in [0, 0.1) is 0 Å². The molecule has 0 atom stereocenters. The van der Waals surface area contributed by atoms with Gasteiger partial charge < -0.3 is 4.42 Å². The first kappa shape index (κ1) is 15.0. The van der Waals surface area contributed by atoms with Gasteiger partial charge in [0.15, 0.2) is 5.58 Å². The van der Waals surface area contributed by atoms with Crippen molar-refractivity contribution in [3.63, 3.8) is 0 Å². The Morgan fingerprint density at radius 3 is 2.64 bits per heavy atom. The molecular formula is C16H12F3NOS. The lowest BCUT2D eigenvalue weighted by molar-refractivity contribution is -0.137. The number of benzene rings is 2. The predicted octanol–water partition coefficient (Wildman–Crippen LogP) is 5.63. The summed E-state index contributed by atoms with van der Waals surface area (Å²) in [6, 6.07) is 10.9. The average molecular weight is 323 g/mol. The molecule has 6 heteroatoms. The average Bonchev–Trinajstić information content (AvgIpc) is 2.90. The summed E-state index contributed by atoms with van der Waals surface area (Å²) in [7, 11) is 0. The zero-order valence-corrected chi connectivity index (χ0v) is 12.5. The molecule has 1 aromatic heterocycles. The van der Waals surface area contributed by atoms with Crippen molar-refractivity contribution in [3.05, 3.63) is 48.0 Å². The van der Waals surface area contributed by atoms with Gasteiger partial charge in [-0.3, -0.25) is 0 Å². The number of hydrogen-bond donors (Lipinski definition) is 0. The molecule has 114 valence electrons. The summed E-state index contributed by atoms with van der Waals surface area (Å²) >= 11 is 1.63. The zero-order valence-electron chi connectivity index (χ0n) is 11.6. The van der Waals surface area contributed by atoms with Crippen LogP contribution in [0.15, 0.2) is 51.8 Å². The molecule has 0 radical (unpaired) electrons. The molecule has 0 N–H and O–H groups in total. The summed E-state index contributed by atoms with van der Waals surface area (Å²) in [6.45, 7) is 2.03. The minimum atomic E-state index is -4.39. The molecule has 0 spiro atoms. The quantitative estimate of drug-likeness (QED) is 0.585. The van der Waals surface area contributed by atoms with Crippen LogP contribution in [0.25, 0.3) is 22.6 Å². The molecule has 0 saturated heterocycles. The number of aromatic nitrogens is 1. The van der Waals surface area contributed by atoms with Crippen molar-refractivity contribution in [2.45, 2.75) is 18.0 Å². The van der Waals surface area contributed by atoms with Crippen molar-refractivity contribution in [3.8, 4) is 11.5 Å². The second-order valence-corrected chi connectivity index (χ2v) is 5.93. The summed E-state index contributed by atoms with van der Waals surface area (Å²) in [5, 5.41) is 0. The summed E-state index contributed by atoms with van der Waals surface area (Å²) in [5.74, 6) is 1.22. The number of hydrogen-bond acceptors (Lipinski definition) is 3. The molecule has 2 nitrogen and oxygen atoms in total. The van der Waals surface area contributed by atoms with Gasteiger partial charge in [0.05, 0.1) is 11.1 Å². The minimum absolute atomic E-state index is 0.209. The van der Waals surface area contributed by atoms with E-state index >= 15 is 0 Å². The number of fused-ring (bicyclic) bond motifs is 1. The first-order valence-electron chi connectivity index (χ1n) is 6.69. The standard InChI is InChI=1S/C16H12F3NOS/c1-2-22-14-6-4-3-5-11(14)15-20-12-9-10(16(17,18)19)7-8-13(12)21-15/h3-9H,2H2,1H3. The third-order valence-electron chi connectivity index (χ3n) is 3.13. The third kappa shape index (κ3) is 2.83. The van der Waals surface area contributed by atoms with Gasteiger partial charge in [0.1, 0.15) is 5.52 Å². The zero-order chi connectivity index (χ0) is 15.7. The Morgan fingerprint density at radius 2 is 1.91 bits per heavy atom. The van der Waals surface area contributed by atoms with Gasteiger partial charge in [-0.2, -0.15) is 13.2 Å². The van der Waals surface area contributed by atoms with Crippen molar-refractivity contribution in [2.24, 2.45) is 0 Å². The first-order valence-corrected chi connectivity index (χ1v) is 7.67. The number of oxazole rings is 1. The van der Waals surface area contributed by atoms with Gasteiger partial charge in [-0.25, -0.2) is 4.98 Å². The molecule has 3 rings (SSSR count). The molecule has 0 aliphatic heterocycles. The van der Waals surface area contributed by atoms with Crippen LogP contribution in [0.3, 0.4) is 0 Å². The molecule has 0 amide bonds. The van der Waals surface area contributed by atoms with Crippen molar-refractivity contribution in [1.29, 1.82) is 0 Å². The molecule has 3 aromatic rings. The molecule has 0 saturated carbocycles. The van der Waals surface area contributed by atoms with Crippen molar-refractivity contribution in [1.82, 2.24) is 4.98 Å². The van der Waals surface area contributed by atoms with Gasteiger partial charge in [-0.05, 0) is 36.1 Å². The highest BCUT2D eigenvalue weighted by atomic mass is 32.2. The van der Waals surface area contributed by atoms with Crippen LogP contribution in [0.5, 0.6) is 0 Å². The molecule has 22 heavy (non-hydrogen) atoms. The number of rotatable bonds is 3. The van der Waals surface area contributed by atoms with Gasteiger partial charge in [0, 0.05) is 4.90 Å². The van der Waals surface area contributed by atoms with Gasteiger partial charge in [0.25, 0.3) is 0 Å². The van der Waals surface area contributed by atoms with E-state index in [1.807, 2.05) is 31.2 Å². The molecule has 0 bridgehead atoms. The van der Waals surface area contributed by atoms with E-state index in [0.29, 0.717) is 11.5 Å². The molecular weight excluding hydrogens is 311 g/mol. The Hall–Kier alpha value is -1.95. The van der Waals surface area contributed by atoms with Crippen LogP contribution in [-0.4, -0.2) is 10.7 Å². The Labute approximate surface area is 129 Å². The molecule has 0 unspecified atom stereocenters. The highest BCUT2D eigenvalue weighted by Gasteiger charge is 2.31. The van der Waals surface area contributed by atoms with Gasteiger partial charge in [-0.15, -0.1) is 11.8 Å². The van der Waals surface area contributed by atoms with Gasteiger partial charge in [0.2, 0.25) is 5.89 Å². The first-order chi connectivity index (χ1) is 10.5. The van der Waals surface area contributed by atoms with Crippen LogP contribution in [0.4, 0.5) is 13.2 Å². The molecule has 0 aliphatic carbocycles. The predicted molar refractivity (Wildman–Crippen MR) is 80.8 cm³/mol. The summed E-state index contributed by atoms with van der Waals surface area (Å²) in [4.78, 5) is 5.21. The highest BCUT2D eigenvalue weighted by Crippen LogP contribution is 2.35. The topological polar surface area (TPSA) is 26.0 Å². The Balaban J connectivity index is 2.09. The van der Waals surface area contributed by atoms with Crippen molar-refractivity contribution >= 4 is 22.9 Å². The second kappa shape index (κ2) is 5.68. The lowest BCUT2D eigenvalue weighted by atomic mass is 10.2. The van der Waals surface area contributed by atoms with Crippen LogP contribution < -0.4 is 0 Å². The third-order valence-corrected chi connectivity index (χ3v) is 4.09. The molecule has 0 fully saturated rings. The summed E-state index contributed by atoms with van der Waals surface area (Å²) < 4.78 is 43.9. The maximum atomic E-state index is 12.7. The smallest absolute Gasteiger partial charge is 0.416 e. The lowest BCUT2D eigenvalue weighted by Crippen LogP contribution is -2.03. The van der Waals surface area contributed by atoms with Crippen LogP contribution >= 0.6 is 11.8 Å². The monoisotopic (exact) mass is 323 g/mol. The van der Waals surface area contributed by atoms with Crippen LogP contribution in [0.1, 0.15) is 12.5 Å². The number of nitrogens with zero attached hydrogens (tertiary/aromatic N) is 1. The Bertz CT molecular complexity index is 811. The molecule has 0 aliphatic rings. The fraction of sp³-hybridized carbons (Fsp3) is 0.188. The summed E-state index contributed by atoms with van der Waals surface area (Å²) in [6.07, 6.45) is -4.39. The number of alkyl halides is 3. The van der Waals surface area contributed by atoms with Crippen LogP contribution in [-0.2, 0) is 6.18 Å². The van der Waals surface area contributed by atoms with Crippen LogP contribution in [0.2, 0.25) is 0 Å². The van der Waals surface area contributed by atoms with Gasteiger partial charge >= 0.3 is 6.18 Å². The van der Waals surface area contributed by atoms with E-state index in [-0.39, 0.29) is 5.52 Å². The van der Waals surface area contributed by atoms with E-state index in [1.165, 1.54) is 6.07 Å². The summed E-state index contributed by atoms with van der Waals surface area (Å²) in [5.41, 5.74) is 0.621. The van der Waals surface area contributed by atoms with E-state index in [9.17, 15) is 13.2 Å². The van der Waals surface area contributed by atoms with E-state index in [1.54, 1.807) is 11.8 Å². The van der Waals surface area contributed by atoms with E-state index in [2.05, 4.69) is 4.98 Å². The largest absolute Gasteiger partial charge is 0.436 e. The maximum absolute atomic E-state index is 12.7. The Morgan fingerprint density at radius 1 is 1.14 bits per heavy atom.